The third-order valence-electron chi connectivity index (χ3n) is 6.26. The van der Waals surface area contributed by atoms with Crippen LogP contribution < -0.4 is 0 Å². The molecule has 3 aliphatic rings. The summed E-state index contributed by atoms with van der Waals surface area (Å²) in [4.78, 5) is 13.9. The summed E-state index contributed by atoms with van der Waals surface area (Å²) in [7, 11) is 0. The molecule has 2 aliphatic carbocycles. The van der Waals surface area contributed by atoms with Crippen molar-refractivity contribution in [3.8, 4) is 0 Å². The average molecular weight is 293 g/mol. The fourth-order valence-electron chi connectivity index (χ4n) is 5.16. The third kappa shape index (κ3) is 3.61. The molecular weight excluding hydrogens is 262 g/mol. The van der Waals surface area contributed by atoms with E-state index in [0.717, 1.165) is 18.9 Å². The molecule has 21 heavy (non-hydrogen) atoms. The van der Waals surface area contributed by atoms with Crippen molar-refractivity contribution in [1.29, 1.82) is 0 Å². The van der Waals surface area contributed by atoms with E-state index in [9.17, 15) is 9.90 Å². The van der Waals surface area contributed by atoms with Gasteiger partial charge in [0.05, 0.1) is 0 Å². The first-order valence-corrected chi connectivity index (χ1v) is 9.24. The Morgan fingerprint density at radius 1 is 1.00 bits per heavy atom. The second-order valence-corrected chi connectivity index (χ2v) is 7.59. The van der Waals surface area contributed by atoms with Crippen LogP contribution in [-0.4, -0.2) is 34.6 Å². The van der Waals surface area contributed by atoms with Crippen molar-refractivity contribution in [3.05, 3.63) is 0 Å². The Morgan fingerprint density at radius 3 is 2.48 bits per heavy atom. The average Bonchev–Trinajstić information content (AvgIpc) is 2.88. The smallest absolute Gasteiger partial charge is 0.320 e. The predicted molar refractivity (Wildman–Crippen MR) is 84.3 cm³/mol. The van der Waals surface area contributed by atoms with E-state index in [2.05, 4.69) is 4.90 Å². The lowest BCUT2D eigenvalue weighted by Crippen LogP contribution is -2.42. The van der Waals surface area contributed by atoms with Crippen LogP contribution in [0.5, 0.6) is 0 Å². The Balaban J connectivity index is 1.52. The lowest BCUT2D eigenvalue weighted by Gasteiger charge is -2.33. The maximum atomic E-state index is 11.6. The Bertz CT molecular complexity index is 351. The van der Waals surface area contributed by atoms with Crippen molar-refractivity contribution in [1.82, 2.24) is 4.90 Å². The summed E-state index contributed by atoms with van der Waals surface area (Å²) < 4.78 is 0. The van der Waals surface area contributed by atoms with Crippen molar-refractivity contribution < 1.29 is 9.90 Å². The molecule has 1 heterocycles. The van der Waals surface area contributed by atoms with E-state index in [1.54, 1.807) is 0 Å². The summed E-state index contributed by atoms with van der Waals surface area (Å²) in [5, 5.41) is 9.54. The fourth-order valence-corrected chi connectivity index (χ4v) is 5.16. The standard InChI is InChI=1S/C18H31NO2/c20-18(21)17-13-15-10-4-5-11-16(15)19(17)12-6-9-14-7-2-1-3-8-14/h14-17H,1-13H2,(H,20,21). The molecule has 1 saturated heterocycles. The highest BCUT2D eigenvalue weighted by atomic mass is 16.4. The molecule has 0 aromatic heterocycles. The number of carboxylic acid groups (broad SMARTS) is 1. The minimum atomic E-state index is -0.581. The molecule has 0 spiro atoms. The van der Waals surface area contributed by atoms with Gasteiger partial charge in [-0.1, -0.05) is 44.9 Å². The van der Waals surface area contributed by atoms with Gasteiger partial charge in [0.2, 0.25) is 0 Å². The molecule has 3 atom stereocenters. The number of carboxylic acids is 1. The van der Waals surface area contributed by atoms with E-state index in [4.69, 9.17) is 0 Å². The molecule has 3 unspecified atom stereocenters. The van der Waals surface area contributed by atoms with Gasteiger partial charge in [-0.15, -0.1) is 0 Å². The quantitative estimate of drug-likeness (QED) is 0.831. The molecule has 0 radical (unpaired) electrons. The predicted octanol–water partition coefficient (Wildman–Crippen LogP) is 4.06. The first-order valence-electron chi connectivity index (χ1n) is 9.24. The van der Waals surface area contributed by atoms with Crippen LogP contribution >= 0.6 is 0 Å². The molecule has 0 aromatic rings. The van der Waals surface area contributed by atoms with Gasteiger partial charge >= 0.3 is 5.97 Å². The van der Waals surface area contributed by atoms with Crippen LogP contribution in [0.25, 0.3) is 0 Å². The van der Waals surface area contributed by atoms with Gasteiger partial charge in [-0.3, -0.25) is 9.69 Å². The Kier molecular flexibility index (Phi) is 5.20. The zero-order chi connectivity index (χ0) is 14.7. The number of aliphatic carboxylic acids is 1. The van der Waals surface area contributed by atoms with Crippen LogP contribution in [-0.2, 0) is 4.79 Å². The van der Waals surface area contributed by atoms with Crippen molar-refractivity contribution >= 4 is 5.97 Å². The highest BCUT2D eigenvalue weighted by molar-refractivity contribution is 5.74. The Hall–Kier alpha value is -0.570. The van der Waals surface area contributed by atoms with Crippen LogP contribution in [0, 0.1) is 11.8 Å². The Labute approximate surface area is 129 Å². The lowest BCUT2D eigenvalue weighted by molar-refractivity contribution is -0.142. The van der Waals surface area contributed by atoms with Gasteiger partial charge in [0.25, 0.3) is 0 Å². The number of hydrogen-bond acceptors (Lipinski definition) is 2. The summed E-state index contributed by atoms with van der Waals surface area (Å²) in [5.74, 6) is 1.00. The molecule has 3 fully saturated rings. The van der Waals surface area contributed by atoms with Crippen molar-refractivity contribution in [2.75, 3.05) is 6.54 Å². The lowest BCUT2D eigenvalue weighted by atomic mass is 9.84. The van der Waals surface area contributed by atoms with Crippen LogP contribution in [0.1, 0.15) is 77.0 Å². The first-order chi connectivity index (χ1) is 10.3. The minimum absolute atomic E-state index is 0.190. The molecule has 0 bridgehead atoms. The van der Waals surface area contributed by atoms with Gasteiger partial charge in [0.1, 0.15) is 6.04 Å². The van der Waals surface area contributed by atoms with E-state index in [1.165, 1.54) is 70.6 Å². The van der Waals surface area contributed by atoms with Crippen LogP contribution in [0.15, 0.2) is 0 Å². The molecule has 1 aliphatic heterocycles. The number of likely N-dealkylation sites (tertiary alicyclic amines) is 1. The number of carbonyl (C=O) groups is 1. The fraction of sp³-hybridized carbons (Fsp3) is 0.944. The number of rotatable bonds is 5. The van der Waals surface area contributed by atoms with Crippen LogP contribution in [0.3, 0.4) is 0 Å². The summed E-state index contributed by atoms with van der Waals surface area (Å²) in [6.45, 7) is 1.02. The van der Waals surface area contributed by atoms with Crippen molar-refractivity contribution in [2.24, 2.45) is 11.8 Å². The number of nitrogens with zero attached hydrogens (tertiary/aromatic N) is 1. The molecule has 3 heteroatoms. The van der Waals surface area contributed by atoms with E-state index in [1.807, 2.05) is 0 Å². The van der Waals surface area contributed by atoms with Crippen LogP contribution in [0.4, 0.5) is 0 Å². The second kappa shape index (κ2) is 7.13. The van der Waals surface area contributed by atoms with Gasteiger partial charge in [0.15, 0.2) is 0 Å². The van der Waals surface area contributed by atoms with E-state index >= 15 is 0 Å². The largest absolute Gasteiger partial charge is 0.480 e. The number of fused-ring (bicyclic) bond motifs is 1. The molecule has 3 rings (SSSR count). The maximum absolute atomic E-state index is 11.6. The molecule has 2 saturated carbocycles. The van der Waals surface area contributed by atoms with Crippen LogP contribution in [0.2, 0.25) is 0 Å². The maximum Gasteiger partial charge on any atom is 0.320 e. The van der Waals surface area contributed by atoms with Crippen molar-refractivity contribution in [2.45, 2.75) is 89.1 Å². The van der Waals surface area contributed by atoms with E-state index in [0.29, 0.717) is 12.0 Å². The van der Waals surface area contributed by atoms with Gasteiger partial charge in [-0.2, -0.15) is 0 Å². The minimum Gasteiger partial charge on any atom is -0.480 e. The SMILES string of the molecule is O=C(O)C1CC2CCCCC2N1CCCC1CCCCC1. The third-order valence-corrected chi connectivity index (χ3v) is 6.26. The van der Waals surface area contributed by atoms with Gasteiger partial charge in [-0.25, -0.2) is 0 Å². The second-order valence-electron chi connectivity index (χ2n) is 7.59. The molecule has 1 N–H and O–H groups in total. The Morgan fingerprint density at radius 2 is 1.71 bits per heavy atom. The van der Waals surface area contributed by atoms with E-state index in [-0.39, 0.29) is 6.04 Å². The normalized spacial score (nSPS) is 34.8. The summed E-state index contributed by atoms with van der Waals surface area (Å²) >= 11 is 0. The highest BCUT2D eigenvalue weighted by Gasteiger charge is 2.44. The zero-order valence-electron chi connectivity index (χ0n) is 13.3. The molecule has 0 aromatic carbocycles. The summed E-state index contributed by atoms with van der Waals surface area (Å²) in [6, 6.07) is 0.385. The van der Waals surface area contributed by atoms with Gasteiger partial charge in [0, 0.05) is 6.04 Å². The number of hydrogen-bond donors (Lipinski definition) is 1. The molecule has 0 amide bonds. The first kappa shape index (κ1) is 15.3. The monoisotopic (exact) mass is 293 g/mol. The zero-order valence-corrected chi connectivity index (χ0v) is 13.3. The van der Waals surface area contributed by atoms with Gasteiger partial charge < -0.3 is 5.11 Å². The van der Waals surface area contributed by atoms with Crippen molar-refractivity contribution in [3.63, 3.8) is 0 Å². The van der Waals surface area contributed by atoms with E-state index < -0.39 is 5.97 Å². The molecular formula is C18H31NO2. The summed E-state index contributed by atoms with van der Waals surface area (Å²) in [6.07, 6.45) is 15.6. The van der Waals surface area contributed by atoms with Gasteiger partial charge in [-0.05, 0) is 50.5 Å². The molecule has 3 nitrogen and oxygen atoms in total. The molecule has 120 valence electrons. The highest BCUT2D eigenvalue weighted by Crippen LogP contribution is 2.40. The topological polar surface area (TPSA) is 40.5 Å². The summed E-state index contributed by atoms with van der Waals surface area (Å²) in [5.41, 5.74) is 0.